The van der Waals surface area contributed by atoms with Crippen molar-refractivity contribution in [1.82, 2.24) is 14.1 Å². The van der Waals surface area contributed by atoms with Gasteiger partial charge in [-0.1, -0.05) is 29.5 Å². The fraction of sp³-hybridized carbons (Fsp3) is 0.286. The smallest absolute Gasteiger partial charge is 0.273 e. The molecule has 2 aromatic heterocycles. The van der Waals surface area contributed by atoms with Gasteiger partial charge in [-0.2, -0.15) is 5.26 Å². The lowest BCUT2D eigenvalue weighted by Crippen LogP contribution is -2.37. The number of anilines is 1. The topological polar surface area (TPSA) is 83.9 Å². The average molecular weight is 440 g/mol. The van der Waals surface area contributed by atoms with Gasteiger partial charge in [-0.05, 0) is 43.3 Å². The number of aromatic nitrogens is 3. The summed E-state index contributed by atoms with van der Waals surface area (Å²) < 4.78 is 3.97. The summed E-state index contributed by atoms with van der Waals surface area (Å²) >= 11 is 6.50. The third kappa shape index (κ3) is 4.10. The number of amides is 1. The average Bonchev–Trinajstić information content (AvgIpc) is 3.04. The highest BCUT2D eigenvalue weighted by molar-refractivity contribution is 7.73. The van der Waals surface area contributed by atoms with E-state index in [1.807, 2.05) is 32.0 Å². The van der Waals surface area contributed by atoms with Gasteiger partial charge < -0.3 is 9.47 Å². The molecule has 0 aliphatic rings. The Morgan fingerprint density at radius 1 is 1.43 bits per heavy atom. The van der Waals surface area contributed by atoms with E-state index in [9.17, 15) is 9.59 Å². The molecule has 0 saturated carbocycles. The molecule has 1 aromatic carbocycles. The van der Waals surface area contributed by atoms with Crippen LogP contribution in [0.4, 0.5) is 5.69 Å². The van der Waals surface area contributed by atoms with Crippen molar-refractivity contribution in [3.05, 3.63) is 62.6 Å². The quantitative estimate of drug-likeness (QED) is 0.414. The first kappa shape index (κ1) is 21.6. The molecule has 2 heterocycles. The van der Waals surface area contributed by atoms with E-state index in [1.54, 1.807) is 15.5 Å². The molecule has 0 aliphatic carbocycles. The molecule has 0 radical (unpaired) electrons. The van der Waals surface area contributed by atoms with E-state index >= 15 is 0 Å². The monoisotopic (exact) mass is 439 g/mol. The third-order valence-corrected chi connectivity index (χ3v) is 6.30. The standard InChI is InChI=1S/C21H21N5O2S2/c1-4-10-26-19-18(30-21(26)29)20(28)24(13-23-19)12-17(27)25(11-6-9-22)16-8-5-7-14(2)15(16)3/h4-5,7-8,13H,1,6,10-12H2,2-3H3. The van der Waals surface area contributed by atoms with Crippen LogP contribution in [-0.4, -0.2) is 26.6 Å². The molecule has 0 atom stereocenters. The predicted octanol–water partition coefficient (Wildman–Crippen LogP) is 3.74. The molecule has 30 heavy (non-hydrogen) atoms. The molecule has 3 rings (SSSR count). The summed E-state index contributed by atoms with van der Waals surface area (Å²) in [6.45, 7) is 8.14. The summed E-state index contributed by atoms with van der Waals surface area (Å²) in [5.74, 6) is -0.281. The lowest BCUT2D eigenvalue weighted by molar-refractivity contribution is -0.119. The molecule has 0 bridgehead atoms. The SMILES string of the molecule is C=CCn1c(=S)sc2c(=O)n(CC(=O)N(CCC#N)c3cccc(C)c3C)cnc21. The van der Waals surface area contributed by atoms with Crippen LogP contribution in [0.15, 0.2) is 42.0 Å². The van der Waals surface area contributed by atoms with Gasteiger partial charge in [0.15, 0.2) is 9.60 Å². The molecular formula is C21H21N5O2S2. The zero-order valence-corrected chi connectivity index (χ0v) is 18.4. The third-order valence-electron chi connectivity index (χ3n) is 4.88. The van der Waals surface area contributed by atoms with Crippen LogP contribution in [0.2, 0.25) is 0 Å². The Morgan fingerprint density at radius 2 is 2.20 bits per heavy atom. The number of hydrogen-bond acceptors (Lipinski definition) is 6. The molecule has 7 nitrogen and oxygen atoms in total. The van der Waals surface area contributed by atoms with Crippen LogP contribution >= 0.6 is 23.6 Å². The number of nitriles is 1. The van der Waals surface area contributed by atoms with Crippen LogP contribution in [0.5, 0.6) is 0 Å². The second kappa shape index (κ2) is 9.15. The second-order valence-electron chi connectivity index (χ2n) is 6.77. The van der Waals surface area contributed by atoms with Crippen LogP contribution in [0.3, 0.4) is 0 Å². The van der Waals surface area contributed by atoms with Crippen molar-refractivity contribution in [2.24, 2.45) is 0 Å². The fourth-order valence-electron chi connectivity index (χ4n) is 3.18. The largest absolute Gasteiger partial charge is 0.310 e. The first-order chi connectivity index (χ1) is 14.4. The molecule has 154 valence electrons. The summed E-state index contributed by atoms with van der Waals surface area (Å²) in [5.41, 5.74) is 2.93. The Hall–Kier alpha value is -3.09. The molecule has 0 saturated heterocycles. The van der Waals surface area contributed by atoms with Crippen LogP contribution in [0, 0.1) is 29.1 Å². The zero-order chi connectivity index (χ0) is 21.8. The van der Waals surface area contributed by atoms with Crippen molar-refractivity contribution >= 4 is 45.5 Å². The van der Waals surface area contributed by atoms with E-state index in [4.69, 9.17) is 17.5 Å². The van der Waals surface area contributed by atoms with Gasteiger partial charge in [0.25, 0.3) is 5.56 Å². The summed E-state index contributed by atoms with van der Waals surface area (Å²) in [6.07, 6.45) is 3.25. The van der Waals surface area contributed by atoms with Crippen molar-refractivity contribution in [3.8, 4) is 6.07 Å². The minimum atomic E-state index is -0.312. The van der Waals surface area contributed by atoms with E-state index in [1.165, 1.54) is 22.2 Å². The van der Waals surface area contributed by atoms with Crippen molar-refractivity contribution in [2.75, 3.05) is 11.4 Å². The number of thiazole rings is 1. The van der Waals surface area contributed by atoms with Gasteiger partial charge in [0.2, 0.25) is 5.91 Å². The minimum Gasteiger partial charge on any atom is -0.310 e. The number of carbonyl (C=O) groups is 1. The highest BCUT2D eigenvalue weighted by Gasteiger charge is 2.20. The van der Waals surface area contributed by atoms with E-state index in [0.717, 1.165) is 16.8 Å². The van der Waals surface area contributed by atoms with Gasteiger partial charge in [-0.15, -0.1) is 6.58 Å². The summed E-state index contributed by atoms with van der Waals surface area (Å²) in [4.78, 5) is 32.0. The first-order valence-corrected chi connectivity index (χ1v) is 10.5. The molecule has 0 aliphatic heterocycles. The predicted molar refractivity (Wildman–Crippen MR) is 121 cm³/mol. The number of fused-ring (bicyclic) bond motifs is 1. The number of benzene rings is 1. The van der Waals surface area contributed by atoms with Crippen molar-refractivity contribution in [2.45, 2.75) is 33.4 Å². The Morgan fingerprint density at radius 3 is 2.90 bits per heavy atom. The van der Waals surface area contributed by atoms with Gasteiger partial charge in [0, 0.05) is 18.8 Å². The molecular weight excluding hydrogens is 418 g/mol. The maximum Gasteiger partial charge on any atom is 0.273 e. The van der Waals surface area contributed by atoms with E-state index in [2.05, 4.69) is 17.6 Å². The summed E-state index contributed by atoms with van der Waals surface area (Å²) in [7, 11) is 0. The molecule has 3 aromatic rings. The van der Waals surface area contributed by atoms with Gasteiger partial charge in [-0.25, -0.2) is 4.98 Å². The molecule has 0 unspecified atom stereocenters. The number of allylic oxidation sites excluding steroid dienone is 1. The second-order valence-corrected chi connectivity index (χ2v) is 8.41. The summed E-state index contributed by atoms with van der Waals surface area (Å²) in [5, 5.41) is 9.02. The van der Waals surface area contributed by atoms with Gasteiger partial charge in [0.1, 0.15) is 17.6 Å². The Kier molecular flexibility index (Phi) is 6.59. The fourth-order valence-corrected chi connectivity index (χ4v) is 4.49. The molecule has 0 fully saturated rings. The maximum atomic E-state index is 13.1. The Bertz CT molecular complexity index is 1280. The lowest BCUT2D eigenvalue weighted by atomic mass is 10.1. The number of carbonyl (C=O) groups excluding carboxylic acids is 1. The highest BCUT2D eigenvalue weighted by atomic mass is 32.1. The molecule has 0 spiro atoms. The molecule has 0 N–H and O–H groups in total. The number of rotatable bonds is 7. The van der Waals surface area contributed by atoms with Crippen LogP contribution in [0.1, 0.15) is 17.5 Å². The normalized spacial score (nSPS) is 10.7. The molecule has 1 amide bonds. The van der Waals surface area contributed by atoms with Crippen LogP contribution in [0.25, 0.3) is 10.3 Å². The summed E-state index contributed by atoms with van der Waals surface area (Å²) in [6, 6.07) is 7.77. The molecule has 9 heteroatoms. The number of hydrogen-bond donors (Lipinski definition) is 0. The van der Waals surface area contributed by atoms with Crippen molar-refractivity contribution in [1.29, 1.82) is 5.26 Å². The first-order valence-electron chi connectivity index (χ1n) is 9.32. The lowest BCUT2D eigenvalue weighted by Gasteiger charge is -2.24. The zero-order valence-electron chi connectivity index (χ0n) is 16.8. The van der Waals surface area contributed by atoms with Gasteiger partial charge in [-0.3, -0.25) is 14.2 Å². The van der Waals surface area contributed by atoms with E-state index in [-0.39, 0.29) is 31.0 Å². The van der Waals surface area contributed by atoms with Gasteiger partial charge >= 0.3 is 0 Å². The number of nitrogens with zero attached hydrogens (tertiary/aromatic N) is 5. The van der Waals surface area contributed by atoms with Crippen molar-refractivity contribution < 1.29 is 4.79 Å². The highest BCUT2D eigenvalue weighted by Crippen LogP contribution is 2.24. The van der Waals surface area contributed by atoms with Crippen LogP contribution in [-0.2, 0) is 17.9 Å². The Labute approximate surface area is 183 Å². The van der Waals surface area contributed by atoms with Gasteiger partial charge in [0.05, 0.1) is 12.5 Å². The minimum absolute atomic E-state index is 0.174. The maximum absolute atomic E-state index is 13.1. The Balaban J connectivity index is 1.99. The number of aryl methyl sites for hydroxylation is 1. The van der Waals surface area contributed by atoms with Crippen molar-refractivity contribution in [3.63, 3.8) is 0 Å². The van der Waals surface area contributed by atoms with E-state index < -0.39 is 0 Å². The van der Waals surface area contributed by atoms with Crippen LogP contribution < -0.4 is 10.5 Å². The van der Waals surface area contributed by atoms with E-state index in [0.29, 0.717) is 20.8 Å².